The number of carbonyl (C=O) groups excluding carboxylic acids is 1. The third-order valence-corrected chi connectivity index (χ3v) is 4.06. The number of benzene rings is 1. The van der Waals surface area contributed by atoms with Gasteiger partial charge in [-0.2, -0.15) is 0 Å². The number of amides is 1. The minimum Gasteiger partial charge on any atom is -0.496 e. The van der Waals surface area contributed by atoms with E-state index >= 15 is 0 Å². The number of rotatable bonds is 6. The lowest BCUT2D eigenvalue weighted by Gasteiger charge is -2.08. The van der Waals surface area contributed by atoms with E-state index < -0.39 is 0 Å². The van der Waals surface area contributed by atoms with Crippen molar-refractivity contribution in [3.05, 3.63) is 41.3 Å². The molecule has 1 heterocycles. The van der Waals surface area contributed by atoms with E-state index in [0.29, 0.717) is 6.54 Å². The van der Waals surface area contributed by atoms with Crippen LogP contribution in [0.2, 0.25) is 0 Å². The van der Waals surface area contributed by atoms with Gasteiger partial charge in [-0.1, -0.05) is 12.1 Å². The van der Waals surface area contributed by atoms with Gasteiger partial charge in [0.1, 0.15) is 5.75 Å². The van der Waals surface area contributed by atoms with Crippen LogP contribution in [0.4, 0.5) is 0 Å². The van der Waals surface area contributed by atoms with E-state index in [1.807, 2.05) is 48.7 Å². The average molecular weight is 304 g/mol. The molecule has 1 N–H and O–H groups in total. The number of nitrogens with one attached hydrogen (secondary N) is 1. The van der Waals surface area contributed by atoms with Gasteiger partial charge in [0.05, 0.1) is 7.11 Å². The zero-order valence-electron chi connectivity index (χ0n) is 12.6. The van der Waals surface area contributed by atoms with Crippen LogP contribution in [0.15, 0.2) is 35.7 Å². The lowest BCUT2D eigenvalue weighted by molar-refractivity contribution is -0.116. The van der Waals surface area contributed by atoms with Gasteiger partial charge in [0.25, 0.3) is 0 Å². The number of ether oxygens (including phenoxy) is 1. The molecule has 5 heteroatoms. The molecule has 0 aliphatic carbocycles. The third-order valence-electron chi connectivity index (χ3n) is 3.07. The summed E-state index contributed by atoms with van der Waals surface area (Å²) in [5.41, 5.74) is 1.11. The molecule has 112 valence electrons. The second-order valence-corrected chi connectivity index (χ2v) is 5.89. The van der Waals surface area contributed by atoms with Gasteiger partial charge in [-0.05, 0) is 37.2 Å². The first-order valence-electron chi connectivity index (χ1n) is 6.74. The van der Waals surface area contributed by atoms with E-state index in [4.69, 9.17) is 4.74 Å². The van der Waals surface area contributed by atoms with Crippen LogP contribution in [-0.4, -0.2) is 38.6 Å². The van der Waals surface area contributed by atoms with Crippen molar-refractivity contribution >= 4 is 27.3 Å². The van der Waals surface area contributed by atoms with E-state index in [2.05, 4.69) is 5.32 Å². The van der Waals surface area contributed by atoms with Gasteiger partial charge < -0.3 is 15.0 Å². The molecule has 0 saturated heterocycles. The summed E-state index contributed by atoms with van der Waals surface area (Å²) in [4.78, 5) is 13.8. The van der Waals surface area contributed by atoms with Crippen molar-refractivity contribution in [1.29, 1.82) is 0 Å². The van der Waals surface area contributed by atoms with Gasteiger partial charge in [0.15, 0.2) is 0 Å². The van der Waals surface area contributed by atoms with E-state index in [-0.39, 0.29) is 5.91 Å². The van der Waals surface area contributed by atoms with Crippen LogP contribution >= 0.6 is 11.3 Å². The molecular weight excluding hydrogens is 284 g/mol. The Labute approximate surface area is 129 Å². The molecular formula is C16H20N2O2S. The average Bonchev–Trinajstić information content (AvgIpc) is 2.94. The number of nitrogens with zero attached hydrogens (tertiary/aromatic N) is 1. The van der Waals surface area contributed by atoms with Gasteiger partial charge in [-0.25, -0.2) is 0 Å². The fourth-order valence-electron chi connectivity index (χ4n) is 2.02. The number of methoxy groups -OCH3 is 1. The van der Waals surface area contributed by atoms with Crippen molar-refractivity contribution in [3.63, 3.8) is 0 Å². The topological polar surface area (TPSA) is 41.6 Å². The lowest BCUT2D eigenvalue weighted by Crippen LogP contribution is -2.21. The molecule has 1 amide bonds. The maximum absolute atomic E-state index is 11.8. The number of thiophene rings is 1. The lowest BCUT2D eigenvalue weighted by atomic mass is 10.1. The summed E-state index contributed by atoms with van der Waals surface area (Å²) >= 11 is 1.66. The molecule has 2 aromatic rings. The summed E-state index contributed by atoms with van der Waals surface area (Å²) in [6.45, 7) is 1.28. The van der Waals surface area contributed by atoms with E-state index in [1.165, 1.54) is 0 Å². The van der Waals surface area contributed by atoms with Crippen LogP contribution in [0, 0.1) is 0 Å². The van der Waals surface area contributed by atoms with Crippen LogP contribution in [0.1, 0.15) is 5.56 Å². The molecule has 0 spiro atoms. The Balaban J connectivity index is 2.02. The summed E-state index contributed by atoms with van der Waals surface area (Å²) in [5.74, 6) is 0.796. The highest BCUT2D eigenvalue weighted by Gasteiger charge is 2.08. The molecule has 2 rings (SSSR count). The molecule has 0 fully saturated rings. The fourth-order valence-corrected chi connectivity index (χ4v) is 2.95. The highest BCUT2D eigenvalue weighted by Crippen LogP contribution is 2.32. The molecule has 0 radical (unpaired) electrons. The summed E-state index contributed by atoms with van der Waals surface area (Å²) in [7, 11) is 5.60. The zero-order chi connectivity index (χ0) is 15.2. The molecule has 1 aromatic heterocycles. The Morgan fingerprint density at radius 3 is 2.90 bits per heavy atom. The van der Waals surface area contributed by atoms with Gasteiger partial charge in [0.2, 0.25) is 5.91 Å². The van der Waals surface area contributed by atoms with Crippen molar-refractivity contribution < 1.29 is 9.53 Å². The largest absolute Gasteiger partial charge is 0.496 e. The summed E-state index contributed by atoms with van der Waals surface area (Å²) in [6.07, 6.45) is 3.43. The predicted octanol–water partition coefficient (Wildman–Crippen LogP) is 2.64. The number of carbonyl (C=O) groups is 1. The molecule has 21 heavy (non-hydrogen) atoms. The Kier molecular flexibility index (Phi) is 5.36. The van der Waals surface area contributed by atoms with Crippen LogP contribution in [-0.2, 0) is 11.3 Å². The number of hydrogen-bond acceptors (Lipinski definition) is 4. The number of hydrogen-bond donors (Lipinski definition) is 1. The summed E-state index contributed by atoms with van der Waals surface area (Å²) < 4.78 is 6.50. The van der Waals surface area contributed by atoms with E-state index in [9.17, 15) is 4.79 Å². The van der Waals surface area contributed by atoms with Gasteiger partial charge >= 0.3 is 0 Å². The minimum absolute atomic E-state index is 0.0719. The van der Waals surface area contributed by atoms with Crippen molar-refractivity contribution in [2.45, 2.75) is 6.54 Å². The smallest absolute Gasteiger partial charge is 0.243 e. The normalized spacial score (nSPS) is 11.4. The van der Waals surface area contributed by atoms with Crippen LogP contribution in [0.25, 0.3) is 10.1 Å². The summed E-state index contributed by atoms with van der Waals surface area (Å²) in [6, 6.07) is 5.99. The van der Waals surface area contributed by atoms with Crippen LogP contribution in [0.3, 0.4) is 0 Å². The van der Waals surface area contributed by atoms with E-state index in [1.54, 1.807) is 24.5 Å². The second-order valence-electron chi connectivity index (χ2n) is 4.97. The van der Waals surface area contributed by atoms with Crippen LogP contribution < -0.4 is 10.1 Å². The molecule has 0 aliphatic rings. The first-order valence-corrected chi connectivity index (χ1v) is 7.62. The Hall–Kier alpha value is -1.85. The maximum atomic E-state index is 11.8. The Morgan fingerprint density at radius 2 is 2.19 bits per heavy atom. The van der Waals surface area contributed by atoms with E-state index in [0.717, 1.165) is 27.9 Å². The highest BCUT2D eigenvalue weighted by atomic mass is 32.1. The Bertz CT molecular complexity index is 647. The highest BCUT2D eigenvalue weighted by molar-refractivity contribution is 7.17. The van der Waals surface area contributed by atoms with Gasteiger partial charge in [-0.3, -0.25) is 4.79 Å². The van der Waals surface area contributed by atoms with Gasteiger partial charge in [-0.15, -0.1) is 11.3 Å². The van der Waals surface area contributed by atoms with Crippen LogP contribution in [0.5, 0.6) is 5.75 Å². The summed E-state index contributed by atoms with van der Waals surface area (Å²) in [5, 5.41) is 6.05. The zero-order valence-corrected chi connectivity index (χ0v) is 13.4. The molecule has 0 unspecified atom stereocenters. The fraction of sp³-hybridized carbons (Fsp3) is 0.312. The van der Waals surface area contributed by atoms with Crippen molar-refractivity contribution in [2.75, 3.05) is 27.7 Å². The molecule has 4 nitrogen and oxygen atoms in total. The molecule has 1 aromatic carbocycles. The van der Waals surface area contributed by atoms with Crippen molar-refractivity contribution in [2.24, 2.45) is 0 Å². The quantitative estimate of drug-likeness (QED) is 0.834. The Morgan fingerprint density at radius 1 is 1.38 bits per heavy atom. The van der Waals surface area contributed by atoms with Crippen molar-refractivity contribution in [1.82, 2.24) is 10.2 Å². The standard InChI is InChI=1S/C16H20N2O2S/c1-18(2)9-4-5-15(19)17-11-12-6-7-14(20-3)13-8-10-21-16(12)13/h4-8,10H,9,11H2,1-3H3,(H,17,19)/b5-4+. The number of fused-ring (bicyclic) bond motifs is 1. The SMILES string of the molecule is COc1ccc(CNC(=O)/C=C/CN(C)C)c2sccc12. The maximum Gasteiger partial charge on any atom is 0.243 e. The van der Waals surface area contributed by atoms with Gasteiger partial charge in [0, 0.05) is 29.3 Å². The second kappa shape index (κ2) is 7.24. The third kappa shape index (κ3) is 4.06. The molecule has 0 saturated carbocycles. The first-order chi connectivity index (χ1) is 10.1. The molecule has 0 aliphatic heterocycles. The number of likely N-dealkylation sites (N-methyl/N-ethyl adjacent to an activating group) is 1. The monoisotopic (exact) mass is 304 g/mol. The minimum atomic E-state index is -0.0719. The predicted molar refractivity (Wildman–Crippen MR) is 87.9 cm³/mol. The molecule has 0 bridgehead atoms. The van der Waals surface area contributed by atoms with Crippen molar-refractivity contribution in [3.8, 4) is 5.75 Å². The molecule has 0 atom stereocenters. The first kappa shape index (κ1) is 15.5.